The van der Waals surface area contributed by atoms with E-state index in [9.17, 15) is 5.26 Å². The number of nitriles is 1. The van der Waals surface area contributed by atoms with Gasteiger partial charge in [0.15, 0.2) is 0 Å². The average molecular weight is 305 g/mol. The molecule has 1 aromatic carbocycles. The number of benzene rings is 1. The number of nitrogens with zero attached hydrogens (tertiary/aromatic N) is 1. The van der Waals surface area contributed by atoms with Gasteiger partial charge in [0.1, 0.15) is 6.07 Å². The third-order valence-electron chi connectivity index (χ3n) is 3.89. The molecule has 0 aromatic heterocycles. The zero-order valence-corrected chi connectivity index (χ0v) is 13.7. The molecule has 0 bridgehead atoms. The molecule has 106 valence electrons. The van der Waals surface area contributed by atoms with Crippen molar-refractivity contribution in [3.05, 3.63) is 46.9 Å². The Bertz CT molecular complexity index is 501. The van der Waals surface area contributed by atoms with Gasteiger partial charge < -0.3 is 4.90 Å². The van der Waals surface area contributed by atoms with Crippen LogP contribution in [-0.4, -0.2) is 30.9 Å². The van der Waals surface area contributed by atoms with Crippen molar-refractivity contribution in [2.45, 2.75) is 12.5 Å². The first-order valence-corrected chi connectivity index (χ1v) is 9.29. The SMILES string of the molecule is CS/C=C(\C)[C@](C#N)(c1ccccc1)[NH+]1CCSCC1. The third kappa shape index (κ3) is 2.90. The molecule has 0 amide bonds. The van der Waals surface area contributed by atoms with E-state index in [1.165, 1.54) is 4.90 Å². The van der Waals surface area contributed by atoms with Gasteiger partial charge in [-0.15, -0.1) is 11.8 Å². The first-order valence-electron chi connectivity index (χ1n) is 6.85. The molecule has 0 spiro atoms. The highest BCUT2D eigenvalue weighted by molar-refractivity contribution is 8.01. The van der Waals surface area contributed by atoms with Crippen LogP contribution in [0.4, 0.5) is 0 Å². The molecule has 1 aliphatic heterocycles. The van der Waals surface area contributed by atoms with Crippen LogP contribution in [0.2, 0.25) is 0 Å². The van der Waals surface area contributed by atoms with Gasteiger partial charge in [0.2, 0.25) is 5.54 Å². The summed E-state index contributed by atoms with van der Waals surface area (Å²) in [6.07, 6.45) is 2.05. The molecule has 1 aromatic rings. The molecule has 0 aliphatic carbocycles. The molecule has 1 fully saturated rings. The van der Waals surface area contributed by atoms with Gasteiger partial charge in [-0.05, 0) is 18.6 Å². The average Bonchev–Trinajstić information content (AvgIpc) is 2.51. The smallest absolute Gasteiger partial charge is 0.232 e. The summed E-state index contributed by atoms with van der Waals surface area (Å²) in [4.78, 5) is 1.38. The van der Waals surface area contributed by atoms with Crippen LogP contribution in [0.3, 0.4) is 0 Å². The Morgan fingerprint density at radius 3 is 2.55 bits per heavy atom. The summed E-state index contributed by atoms with van der Waals surface area (Å²) in [7, 11) is 0. The lowest BCUT2D eigenvalue weighted by Gasteiger charge is -2.38. The number of nitrogens with one attached hydrogen (secondary N) is 1. The van der Waals surface area contributed by atoms with Crippen LogP contribution in [0, 0.1) is 11.3 Å². The van der Waals surface area contributed by atoms with E-state index >= 15 is 0 Å². The van der Waals surface area contributed by atoms with Crippen LogP contribution in [0.15, 0.2) is 41.3 Å². The molecule has 0 unspecified atom stereocenters. The summed E-state index contributed by atoms with van der Waals surface area (Å²) in [6.45, 7) is 4.20. The standard InChI is InChI=1S/C16H20N2S2/c1-14(12-19-2)16(13-17,15-6-4-3-5-7-15)18-8-10-20-11-9-18/h3-7,12H,8-11H2,1-2H3/p+1/b14-12+/t16-/m1/s1. The number of hydrogen-bond acceptors (Lipinski definition) is 3. The second-order valence-electron chi connectivity index (χ2n) is 4.98. The molecule has 1 N–H and O–H groups in total. The van der Waals surface area contributed by atoms with Crippen molar-refractivity contribution in [2.75, 3.05) is 30.9 Å². The number of thioether (sulfide) groups is 2. The van der Waals surface area contributed by atoms with E-state index < -0.39 is 5.54 Å². The zero-order valence-electron chi connectivity index (χ0n) is 12.1. The highest BCUT2D eigenvalue weighted by atomic mass is 32.2. The number of rotatable bonds is 4. The fourth-order valence-corrected chi connectivity index (χ4v) is 4.40. The normalized spacial score (nSPS) is 20.1. The Kier molecular flexibility index (Phi) is 5.59. The van der Waals surface area contributed by atoms with E-state index in [0.29, 0.717) is 0 Å². The summed E-state index contributed by atoms with van der Waals surface area (Å²) in [6, 6.07) is 12.9. The molecule has 0 saturated carbocycles. The maximum Gasteiger partial charge on any atom is 0.232 e. The van der Waals surface area contributed by atoms with Gasteiger partial charge in [-0.1, -0.05) is 30.3 Å². The summed E-state index contributed by atoms with van der Waals surface area (Å²) in [5.74, 6) is 2.27. The molecule has 1 heterocycles. The molecular weight excluding hydrogens is 284 g/mol. The van der Waals surface area contributed by atoms with Crippen molar-refractivity contribution in [3.63, 3.8) is 0 Å². The van der Waals surface area contributed by atoms with Crippen LogP contribution in [0.1, 0.15) is 12.5 Å². The Morgan fingerprint density at radius 2 is 2.00 bits per heavy atom. The number of quaternary nitrogens is 1. The van der Waals surface area contributed by atoms with E-state index in [2.05, 4.69) is 36.8 Å². The van der Waals surface area contributed by atoms with Crippen molar-refractivity contribution in [2.24, 2.45) is 0 Å². The maximum atomic E-state index is 10.1. The van der Waals surface area contributed by atoms with Gasteiger partial charge in [-0.3, -0.25) is 0 Å². The van der Waals surface area contributed by atoms with E-state index in [1.807, 2.05) is 30.0 Å². The van der Waals surface area contributed by atoms with Crippen molar-refractivity contribution >= 4 is 23.5 Å². The molecule has 1 saturated heterocycles. The third-order valence-corrected chi connectivity index (χ3v) is 5.46. The summed E-state index contributed by atoms with van der Waals surface area (Å²) >= 11 is 3.67. The molecule has 1 aliphatic rings. The lowest BCUT2D eigenvalue weighted by atomic mass is 9.83. The Balaban J connectivity index is 2.52. The zero-order chi connectivity index (χ0) is 14.4. The molecule has 0 radical (unpaired) electrons. The topological polar surface area (TPSA) is 28.2 Å². The lowest BCUT2D eigenvalue weighted by molar-refractivity contribution is -0.941. The van der Waals surface area contributed by atoms with Gasteiger partial charge in [-0.25, -0.2) is 0 Å². The first kappa shape index (κ1) is 15.5. The largest absolute Gasteiger partial charge is 0.309 e. The first-order chi connectivity index (χ1) is 9.75. The Morgan fingerprint density at radius 1 is 1.35 bits per heavy atom. The van der Waals surface area contributed by atoms with E-state index in [4.69, 9.17) is 0 Å². The lowest BCUT2D eigenvalue weighted by Crippen LogP contribution is -3.20. The Hall–Kier alpha value is -0.890. The summed E-state index contributed by atoms with van der Waals surface area (Å²) in [5.41, 5.74) is 1.73. The van der Waals surface area contributed by atoms with Crippen LogP contribution >= 0.6 is 23.5 Å². The second kappa shape index (κ2) is 7.21. The van der Waals surface area contributed by atoms with Gasteiger partial charge in [0.05, 0.1) is 13.1 Å². The molecule has 4 heteroatoms. The van der Waals surface area contributed by atoms with Crippen LogP contribution in [0.5, 0.6) is 0 Å². The molecular formula is C16H21N2S2+. The monoisotopic (exact) mass is 305 g/mol. The van der Waals surface area contributed by atoms with E-state index in [1.54, 1.807) is 11.8 Å². The van der Waals surface area contributed by atoms with Gasteiger partial charge in [0, 0.05) is 22.6 Å². The predicted molar refractivity (Wildman–Crippen MR) is 89.0 cm³/mol. The summed E-state index contributed by atoms with van der Waals surface area (Å²) in [5, 5.41) is 12.2. The second-order valence-corrected chi connectivity index (χ2v) is 6.91. The van der Waals surface area contributed by atoms with Crippen molar-refractivity contribution in [1.29, 1.82) is 5.26 Å². The quantitative estimate of drug-likeness (QED) is 0.925. The van der Waals surface area contributed by atoms with E-state index in [-0.39, 0.29) is 0 Å². The minimum atomic E-state index is -0.536. The predicted octanol–water partition coefficient (Wildman–Crippen LogP) is 2.30. The minimum absolute atomic E-state index is 0.536. The van der Waals surface area contributed by atoms with Crippen molar-refractivity contribution in [3.8, 4) is 6.07 Å². The van der Waals surface area contributed by atoms with Crippen LogP contribution in [0.25, 0.3) is 0 Å². The minimum Gasteiger partial charge on any atom is -0.309 e. The number of hydrogen-bond donors (Lipinski definition) is 1. The van der Waals surface area contributed by atoms with Gasteiger partial charge >= 0.3 is 0 Å². The van der Waals surface area contributed by atoms with Gasteiger partial charge in [0.25, 0.3) is 0 Å². The molecule has 20 heavy (non-hydrogen) atoms. The van der Waals surface area contributed by atoms with Crippen LogP contribution < -0.4 is 4.90 Å². The fraction of sp³-hybridized carbons (Fsp3) is 0.438. The fourth-order valence-electron chi connectivity index (χ4n) is 2.89. The summed E-state index contributed by atoms with van der Waals surface area (Å²) < 4.78 is 0. The highest BCUT2D eigenvalue weighted by Gasteiger charge is 2.45. The highest BCUT2D eigenvalue weighted by Crippen LogP contribution is 2.28. The van der Waals surface area contributed by atoms with E-state index in [0.717, 1.165) is 35.7 Å². The van der Waals surface area contributed by atoms with Crippen LogP contribution in [-0.2, 0) is 5.54 Å². The van der Waals surface area contributed by atoms with Crippen molar-refractivity contribution in [1.82, 2.24) is 0 Å². The van der Waals surface area contributed by atoms with Crippen molar-refractivity contribution < 1.29 is 4.90 Å². The Labute approximate surface area is 130 Å². The van der Waals surface area contributed by atoms with Gasteiger partial charge in [-0.2, -0.15) is 17.0 Å². The molecule has 2 rings (SSSR count). The molecule has 2 nitrogen and oxygen atoms in total. The maximum absolute atomic E-state index is 10.1. The molecule has 1 atom stereocenters.